The molecule has 2 aliphatic rings. The van der Waals surface area contributed by atoms with Gasteiger partial charge >= 0.3 is 0 Å². The minimum atomic E-state index is -3.81. The second-order valence-corrected chi connectivity index (χ2v) is 14.8. The van der Waals surface area contributed by atoms with E-state index in [4.69, 9.17) is 27.9 Å². The normalized spacial score (nSPS) is 20.3. The minimum Gasteiger partial charge on any atom is -0.387 e. The predicted molar refractivity (Wildman–Crippen MR) is 165 cm³/mol. The van der Waals surface area contributed by atoms with Crippen LogP contribution < -0.4 is 0 Å². The Hall–Kier alpha value is -3.32. The summed E-state index contributed by atoms with van der Waals surface area (Å²) in [5, 5.41) is 27.1. The molecule has 1 fully saturated rings. The van der Waals surface area contributed by atoms with Crippen LogP contribution in [0.3, 0.4) is 0 Å². The summed E-state index contributed by atoms with van der Waals surface area (Å²) in [6.07, 6.45) is 4.97. The van der Waals surface area contributed by atoms with Crippen LogP contribution in [0.1, 0.15) is 57.9 Å². The molecule has 6 rings (SSSR count). The number of benzene rings is 3. The maximum absolute atomic E-state index is 16.7. The Labute approximate surface area is 269 Å². The fourth-order valence-corrected chi connectivity index (χ4v) is 7.07. The fraction of sp³-hybridized carbons (Fsp3) is 0.312. The van der Waals surface area contributed by atoms with Crippen LogP contribution in [0.25, 0.3) is 0 Å². The van der Waals surface area contributed by atoms with Crippen molar-refractivity contribution in [1.29, 1.82) is 0 Å². The Morgan fingerprint density at radius 1 is 1.07 bits per heavy atom. The summed E-state index contributed by atoms with van der Waals surface area (Å²) in [5.41, 5.74) is -4.08. The van der Waals surface area contributed by atoms with Gasteiger partial charge in [0.05, 0.1) is 41.0 Å². The van der Waals surface area contributed by atoms with E-state index in [-0.39, 0.29) is 45.3 Å². The third-order valence-electron chi connectivity index (χ3n) is 8.48. The van der Waals surface area contributed by atoms with Crippen LogP contribution >= 0.6 is 23.2 Å². The Kier molecular flexibility index (Phi) is 7.66. The summed E-state index contributed by atoms with van der Waals surface area (Å²) in [6.45, 7) is 0.898. The molecule has 4 aromatic rings. The van der Waals surface area contributed by atoms with Gasteiger partial charge in [0.2, 0.25) is 0 Å². The van der Waals surface area contributed by atoms with E-state index in [1.807, 2.05) is 0 Å². The molecule has 3 aromatic carbocycles. The highest BCUT2D eigenvalue weighted by Crippen LogP contribution is 2.50. The van der Waals surface area contributed by atoms with Gasteiger partial charge in [-0.1, -0.05) is 41.4 Å². The van der Waals surface area contributed by atoms with Crippen LogP contribution in [-0.4, -0.2) is 57.7 Å². The zero-order chi connectivity index (χ0) is 32.5. The highest BCUT2D eigenvalue weighted by atomic mass is 35.5. The van der Waals surface area contributed by atoms with Crippen LogP contribution in [0.2, 0.25) is 10.0 Å². The summed E-state index contributed by atoms with van der Waals surface area (Å²) >= 11 is 12.4. The third-order valence-corrected chi connectivity index (χ3v) is 10.1. The quantitative estimate of drug-likeness (QED) is 0.259. The maximum atomic E-state index is 16.7. The van der Waals surface area contributed by atoms with E-state index in [2.05, 4.69) is 5.10 Å². The lowest BCUT2D eigenvalue weighted by Crippen LogP contribution is -2.48. The predicted octanol–water partition coefficient (Wildman–Crippen LogP) is 4.92. The van der Waals surface area contributed by atoms with Gasteiger partial charge in [-0.2, -0.15) is 5.10 Å². The number of rotatable bonds is 9. The Morgan fingerprint density at radius 2 is 1.73 bits per heavy atom. The number of amides is 1. The topological polar surface area (TPSA) is 122 Å². The molecule has 13 heteroatoms. The molecule has 2 N–H and O–H groups in total. The number of aryl methyl sites for hydroxylation is 1. The van der Waals surface area contributed by atoms with E-state index in [0.29, 0.717) is 29.0 Å². The van der Waals surface area contributed by atoms with Crippen molar-refractivity contribution in [2.24, 2.45) is 7.05 Å². The molecule has 0 bridgehead atoms. The zero-order valence-electron chi connectivity index (χ0n) is 24.6. The van der Waals surface area contributed by atoms with Crippen molar-refractivity contribution in [3.05, 3.63) is 116 Å². The third kappa shape index (κ3) is 5.55. The van der Waals surface area contributed by atoms with Crippen LogP contribution in [0.4, 0.5) is 4.39 Å². The molecule has 236 valence electrons. The first-order valence-electron chi connectivity index (χ1n) is 14.0. The van der Waals surface area contributed by atoms with E-state index in [1.165, 1.54) is 47.0 Å². The largest absolute Gasteiger partial charge is 0.387 e. The first kappa shape index (κ1) is 31.7. The van der Waals surface area contributed by atoms with Crippen LogP contribution in [0, 0.1) is 5.82 Å². The second-order valence-electron chi connectivity index (χ2n) is 11.9. The van der Waals surface area contributed by atoms with Crippen molar-refractivity contribution in [1.82, 2.24) is 14.7 Å². The van der Waals surface area contributed by atoms with Gasteiger partial charge in [0.15, 0.2) is 15.6 Å². The van der Waals surface area contributed by atoms with Gasteiger partial charge in [0.25, 0.3) is 5.91 Å². The van der Waals surface area contributed by atoms with E-state index in [1.54, 1.807) is 37.5 Å². The lowest BCUT2D eigenvalue weighted by molar-refractivity contribution is -0.139. The molecule has 2 atom stereocenters. The number of ether oxygens (including phenoxy) is 1. The Balaban J connectivity index is 1.60. The first-order valence-corrected chi connectivity index (χ1v) is 16.7. The molecule has 2 heterocycles. The van der Waals surface area contributed by atoms with Crippen LogP contribution in [-0.2, 0) is 39.5 Å². The van der Waals surface area contributed by atoms with Gasteiger partial charge in [0.1, 0.15) is 11.4 Å². The van der Waals surface area contributed by atoms with Gasteiger partial charge in [-0.25, -0.2) is 12.8 Å². The van der Waals surface area contributed by atoms with Crippen molar-refractivity contribution in [3.63, 3.8) is 0 Å². The van der Waals surface area contributed by atoms with Crippen molar-refractivity contribution in [2.75, 3.05) is 12.9 Å². The summed E-state index contributed by atoms with van der Waals surface area (Å²) in [6, 6.07) is 13.2. The molecular formula is C32H30Cl2FN3O6S. The van der Waals surface area contributed by atoms with E-state index in [9.17, 15) is 23.4 Å². The molecule has 0 saturated heterocycles. The molecule has 1 aliphatic carbocycles. The van der Waals surface area contributed by atoms with Crippen LogP contribution in [0.15, 0.2) is 71.9 Å². The molecular weight excluding hydrogens is 644 g/mol. The minimum absolute atomic E-state index is 0.0936. The van der Waals surface area contributed by atoms with Gasteiger partial charge in [-0.05, 0) is 67.3 Å². The average Bonchev–Trinajstić information content (AvgIpc) is 3.45. The maximum Gasteiger partial charge on any atom is 0.257 e. The van der Waals surface area contributed by atoms with Crippen molar-refractivity contribution in [2.45, 2.75) is 48.1 Å². The van der Waals surface area contributed by atoms with Gasteiger partial charge in [-0.15, -0.1) is 0 Å². The number of nitrogens with zero attached hydrogens (tertiary/aromatic N) is 3. The number of hydrogen-bond acceptors (Lipinski definition) is 7. The number of carbonyl (C=O) groups excluding carboxylic acids is 1. The highest BCUT2D eigenvalue weighted by molar-refractivity contribution is 7.90. The van der Waals surface area contributed by atoms with Gasteiger partial charge in [0, 0.05) is 40.7 Å². The number of aliphatic hydroxyl groups is 2. The number of halogens is 3. The van der Waals surface area contributed by atoms with Crippen molar-refractivity contribution >= 4 is 38.9 Å². The van der Waals surface area contributed by atoms with Crippen molar-refractivity contribution in [3.8, 4) is 0 Å². The fourth-order valence-electron chi connectivity index (χ4n) is 5.76. The van der Waals surface area contributed by atoms with E-state index < -0.39 is 38.5 Å². The Morgan fingerprint density at radius 3 is 2.33 bits per heavy atom. The number of hydrogen-bond donors (Lipinski definition) is 2. The molecule has 1 amide bonds. The summed E-state index contributed by atoms with van der Waals surface area (Å²) in [7, 11) is -2.14. The molecule has 0 radical (unpaired) electrons. The number of sulfone groups is 1. The highest BCUT2D eigenvalue weighted by Gasteiger charge is 2.56. The summed E-state index contributed by atoms with van der Waals surface area (Å²) in [5.74, 6) is -1.53. The number of carbonyl (C=O) groups is 1. The van der Waals surface area contributed by atoms with E-state index in [0.717, 1.165) is 12.3 Å². The molecule has 1 aromatic heterocycles. The van der Waals surface area contributed by atoms with E-state index >= 15 is 4.39 Å². The number of aromatic nitrogens is 2. The molecule has 1 saturated carbocycles. The summed E-state index contributed by atoms with van der Waals surface area (Å²) in [4.78, 5) is 15.7. The number of fused-ring (bicyclic) bond motifs is 1. The SMILES string of the molecule is Cn1cc([C@](C)(O)c2cc(F)c3c(c2)C(=O)N(Cc2ccc(Cl)cc2S(C)(=O)=O)[C@@]3(OCC2(O)CC2)c2ccc(Cl)cc2)cn1. The standard InChI is InChI=1S/C32H30Cl2FN3O6S/c1-30(40,22-15-36-37(2)17-22)21-12-25-28(26(35)13-21)32(44-18-31(41)10-11-31,20-5-8-23(33)9-6-20)38(29(25)39)16-19-4-7-24(34)14-27(19)45(3,42)43/h4-9,12-15,17,40-41H,10-11,16,18H2,1-3H3/t30-,32-/m1/s1. The summed E-state index contributed by atoms with van der Waals surface area (Å²) < 4.78 is 50.3. The van der Waals surface area contributed by atoms with Crippen LogP contribution in [0.5, 0.6) is 0 Å². The second kappa shape index (κ2) is 10.9. The molecule has 0 spiro atoms. The average molecular weight is 675 g/mol. The van der Waals surface area contributed by atoms with Gasteiger partial charge in [-0.3, -0.25) is 14.4 Å². The van der Waals surface area contributed by atoms with Gasteiger partial charge < -0.3 is 14.9 Å². The molecule has 9 nitrogen and oxygen atoms in total. The Bertz CT molecular complexity index is 1940. The zero-order valence-corrected chi connectivity index (χ0v) is 26.9. The van der Waals surface area contributed by atoms with Crippen molar-refractivity contribution < 1.29 is 32.6 Å². The lowest BCUT2D eigenvalue weighted by Gasteiger charge is -2.40. The monoisotopic (exact) mass is 673 g/mol. The molecule has 1 aliphatic heterocycles. The molecule has 45 heavy (non-hydrogen) atoms. The first-order chi connectivity index (χ1) is 21.0. The molecule has 0 unspecified atom stereocenters. The smallest absolute Gasteiger partial charge is 0.257 e. The lowest BCUT2D eigenvalue weighted by atomic mass is 9.85.